The Morgan fingerprint density at radius 1 is 1.15 bits per heavy atom. The van der Waals surface area contributed by atoms with E-state index in [4.69, 9.17) is 16.3 Å². The van der Waals surface area contributed by atoms with E-state index in [0.29, 0.717) is 30.2 Å². The number of benzene rings is 2. The van der Waals surface area contributed by atoms with Crippen molar-refractivity contribution in [1.82, 2.24) is 9.80 Å². The Kier molecular flexibility index (Phi) is 8.16. The molecule has 2 aromatic carbocycles. The van der Waals surface area contributed by atoms with Crippen LogP contribution in [0.25, 0.3) is 5.76 Å². The van der Waals surface area contributed by atoms with E-state index >= 15 is 0 Å². The van der Waals surface area contributed by atoms with Gasteiger partial charge in [0.25, 0.3) is 11.7 Å². The summed E-state index contributed by atoms with van der Waals surface area (Å²) in [6, 6.07) is 11.6. The van der Waals surface area contributed by atoms with Gasteiger partial charge in [-0.25, -0.2) is 0 Å². The molecule has 1 aliphatic rings. The number of ether oxygens (including phenoxy) is 1. The molecule has 1 N–H and O–H groups in total. The van der Waals surface area contributed by atoms with E-state index in [1.54, 1.807) is 47.4 Å². The van der Waals surface area contributed by atoms with Crippen LogP contribution in [0, 0.1) is 6.92 Å². The molecule has 1 saturated heterocycles. The second-order valence-corrected chi connectivity index (χ2v) is 8.97. The van der Waals surface area contributed by atoms with Gasteiger partial charge in [-0.1, -0.05) is 30.7 Å². The van der Waals surface area contributed by atoms with Crippen molar-refractivity contribution >= 4 is 29.1 Å². The lowest BCUT2D eigenvalue weighted by atomic mass is 9.94. The van der Waals surface area contributed by atoms with Gasteiger partial charge in [-0.2, -0.15) is 0 Å². The molecule has 7 heteroatoms. The number of ketones is 1. The van der Waals surface area contributed by atoms with E-state index in [1.165, 1.54) is 0 Å². The molecule has 1 heterocycles. The Hall–Kier alpha value is -2.83. The smallest absolute Gasteiger partial charge is 0.295 e. The summed E-state index contributed by atoms with van der Waals surface area (Å²) >= 11 is 6.07. The molecule has 1 atom stereocenters. The van der Waals surface area contributed by atoms with Gasteiger partial charge >= 0.3 is 0 Å². The van der Waals surface area contributed by atoms with E-state index in [9.17, 15) is 14.7 Å². The number of rotatable bonds is 9. The number of carbonyl (C=O) groups is 2. The maximum absolute atomic E-state index is 13.1. The molecule has 3 rings (SSSR count). The number of nitrogens with zero attached hydrogens (tertiary/aromatic N) is 2. The highest BCUT2D eigenvalue weighted by Crippen LogP contribution is 2.40. The second-order valence-electron chi connectivity index (χ2n) is 8.53. The highest BCUT2D eigenvalue weighted by Gasteiger charge is 2.45. The first-order valence-corrected chi connectivity index (χ1v) is 11.5. The number of likely N-dealkylation sites (tertiary alicyclic amines) is 1. The van der Waals surface area contributed by atoms with Crippen LogP contribution in [0.4, 0.5) is 0 Å². The third-order valence-corrected chi connectivity index (χ3v) is 5.89. The first-order chi connectivity index (χ1) is 15.7. The van der Waals surface area contributed by atoms with Crippen molar-refractivity contribution in [2.45, 2.75) is 32.7 Å². The van der Waals surface area contributed by atoms with Crippen LogP contribution in [0.5, 0.6) is 5.75 Å². The van der Waals surface area contributed by atoms with E-state index < -0.39 is 17.7 Å². The lowest BCUT2D eigenvalue weighted by Crippen LogP contribution is -2.32. The lowest BCUT2D eigenvalue weighted by Gasteiger charge is -2.26. The van der Waals surface area contributed by atoms with Gasteiger partial charge < -0.3 is 19.6 Å². The maximum Gasteiger partial charge on any atom is 0.295 e. The van der Waals surface area contributed by atoms with E-state index in [-0.39, 0.29) is 11.3 Å². The fraction of sp³-hybridized carbons (Fsp3) is 0.385. The number of aliphatic hydroxyl groups is 1. The Bertz CT molecular complexity index is 1050. The Morgan fingerprint density at radius 2 is 1.85 bits per heavy atom. The Labute approximate surface area is 200 Å². The molecule has 1 fully saturated rings. The van der Waals surface area contributed by atoms with Crippen LogP contribution in [0.1, 0.15) is 42.5 Å². The number of hydrogen-bond donors (Lipinski definition) is 1. The quantitative estimate of drug-likeness (QED) is 0.323. The van der Waals surface area contributed by atoms with Crippen molar-refractivity contribution in [2.24, 2.45) is 0 Å². The van der Waals surface area contributed by atoms with Crippen molar-refractivity contribution in [3.63, 3.8) is 0 Å². The third kappa shape index (κ3) is 5.57. The summed E-state index contributed by atoms with van der Waals surface area (Å²) in [5.74, 6) is -0.739. The van der Waals surface area contributed by atoms with Crippen LogP contribution in [0.15, 0.2) is 48.0 Å². The largest absolute Gasteiger partial charge is 0.507 e. The van der Waals surface area contributed by atoms with E-state index in [0.717, 1.165) is 29.8 Å². The molecule has 0 saturated carbocycles. The monoisotopic (exact) mass is 470 g/mol. The van der Waals surface area contributed by atoms with Gasteiger partial charge in [0, 0.05) is 17.1 Å². The highest BCUT2D eigenvalue weighted by molar-refractivity contribution is 6.46. The minimum atomic E-state index is -0.680. The Morgan fingerprint density at radius 3 is 2.45 bits per heavy atom. The summed E-state index contributed by atoms with van der Waals surface area (Å²) in [6.07, 6.45) is 1.59. The summed E-state index contributed by atoms with van der Waals surface area (Å²) in [4.78, 5) is 29.7. The van der Waals surface area contributed by atoms with Gasteiger partial charge in [-0.05, 0) is 81.9 Å². The predicted octanol–water partition coefficient (Wildman–Crippen LogP) is 4.81. The normalized spacial score (nSPS) is 17.8. The zero-order chi connectivity index (χ0) is 24.1. The minimum Gasteiger partial charge on any atom is -0.507 e. The first-order valence-electron chi connectivity index (χ1n) is 11.2. The average Bonchev–Trinajstić information content (AvgIpc) is 3.03. The van der Waals surface area contributed by atoms with Crippen molar-refractivity contribution < 1.29 is 19.4 Å². The second kappa shape index (κ2) is 10.9. The van der Waals surface area contributed by atoms with Gasteiger partial charge in [0.05, 0.1) is 18.2 Å². The molecule has 33 heavy (non-hydrogen) atoms. The molecule has 0 spiro atoms. The van der Waals surface area contributed by atoms with Crippen molar-refractivity contribution in [2.75, 3.05) is 33.8 Å². The number of amides is 1. The molecule has 2 aromatic rings. The van der Waals surface area contributed by atoms with Crippen LogP contribution in [-0.4, -0.2) is 60.4 Å². The van der Waals surface area contributed by atoms with Gasteiger partial charge in [0.2, 0.25) is 0 Å². The molecule has 176 valence electrons. The zero-order valence-corrected chi connectivity index (χ0v) is 20.4. The summed E-state index contributed by atoms with van der Waals surface area (Å²) in [5, 5.41) is 11.8. The topological polar surface area (TPSA) is 70.1 Å². The number of aryl methyl sites for hydroxylation is 1. The average molecular weight is 471 g/mol. The molecular formula is C26H31ClN2O4. The molecule has 0 aromatic heterocycles. The van der Waals surface area contributed by atoms with Gasteiger partial charge in [0.1, 0.15) is 11.5 Å². The standard InChI is InChI=1S/C26H31ClN2O4/c1-5-15-33-21-12-9-19(16-17(21)2)24(30)22-23(18-7-10-20(27)11-8-18)29(26(32)25(22)31)14-6-13-28(3)4/h7-12,16,23,30H,5-6,13-15H2,1-4H3/b24-22+. The number of carbonyl (C=O) groups excluding carboxylic acids is 2. The fourth-order valence-corrected chi connectivity index (χ4v) is 4.11. The summed E-state index contributed by atoms with van der Waals surface area (Å²) in [6.45, 7) is 5.69. The van der Waals surface area contributed by atoms with Crippen LogP contribution in [-0.2, 0) is 9.59 Å². The lowest BCUT2D eigenvalue weighted by molar-refractivity contribution is -0.139. The zero-order valence-electron chi connectivity index (χ0n) is 19.6. The predicted molar refractivity (Wildman–Crippen MR) is 131 cm³/mol. The summed E-state index contributed by atoms with van der Waals surface area (Å²) in [5.41, 5.74) is 2.13. The van der Waals surface area contributed by atoms with E-state index in [2.05, 4.69) is 0 Å². The molecule has 6 nitrogen and oxygen atoms in total. The third-order valence-electron chi connectivity index (χ3n) is 5.64. The molecule has 1 aliphatic heterocycles. The first kappa shape index (κ1) is 24.8. The van der Waals surface area contributed by atoms with Crippen LogP contribution >= 0.6 is 11.6 Å². The number of halogens is 1. The van der Waals surface area contributed by atoms with E-state index in [1.807, 2.05) is 32.8 Å². The molecule has 0 bridgehead atoms. The molecule has 1 amide bonds. The number of hydrogen-bond acceptors (Lipinski definition) is 5. The summed E-state index contributed by atoms with van der Waals surface area (Å²) in [7, 11) is 3.92. The minimum absolute atomic E-state index is 0.0915. The number of aliphatic hydroxyl groups excluding tert-OH is 1. The van der Waals surface area contributed by atoms with Crippen molar-refractivity contribution in [3.05, 3.63) is 69.8 Å². The number of Topliss-reactive ketones (excluding diaryl/α,β-unsaturated/α-hetero) is 1. The Balaban J connectivity index is 2.05. The maximum atomic E-state index is 13.1. The highest BCUT2D eigenvalue weighted by atomic mass is 35.5. The summed E-state index contributed by atoms with van der Waals surface area (Å²) < 4.78 is 5.72. The van der Waals surface area contributed by atoms with Crippen molar-refractivity contribution in [3.8, 4) is 5.75 Å². The van der Waals surface area contributed by atoms with Crippen LogP contribution < -0.4 is 4.74 Å². The fourth-order valence-electron chi connectivity index (χ4n) is 3.99. The van der Waals surface area contributed by atoms with Crippen LogP contribution in [0.3, 0.4) is 0 Å². The molecule has 1 unspecified atom stereocenters. The SMILES string of the molecule is CCCOc1ccc(/C(O)=C2\C(=O)C(=O)N(CCCN(C)C)C2c2ccc(Cl)cc2)cc1C. The van der Waals surface area contributed by atoms with Crippen molar-refractivity contribution in [1.29, 1.82) is 0 Å². The molecule has 0 radical (unpaired) electrons. The molecule has 0 aliphatic carbocycles. The van der Waals surface area contributed by atoms with Crippen LogP contribution in [0.2, 0.25) is 5.02 Å². The molecular weight excluding hydrogens is 440 g/mol. The van der Waals surface area contributed by atoms with Gasteiger partial charge in [0.15, 0.2) is 0 Å². The van der Waals surface area contributed by atoms with Gasteiger partial charge in [-0.3, -0.25) is 9.59 Å². The van der Waals surface area contributed by atoms with Gasteiger partial charge in [-0.15, -0.1) is 0 Å².